The summed E-state index contributed by atoms with van der Waals surface area (Å²) in [7, 11) is 13.4. The Bertz CT molecular complexity index is 6260. The van der Waals surface area contributed by atoms with Crippen molar-refractivity contribution in [1.82, 2.24) is 43.1 Å². The number of hydrogen-bond donors (Lipinski definition) is 11. The summed E-state index contributed by atoms with van der Waals surface area (Å²) in [5, 5.41) is 38.1. The molecule has 29 nitrogen and oxygen atoms in total. The topological polar surface area (TPSA) is 446 Å². The molecule has 15 aromatic rings. The Balaban J connectivity index is 0.000000179. The van der Waals surface area contributed by atoms with Gasteiger partial charge < -0.3 is 130 Å². The predicted octanol–water partition coefficient (Wildman–Crippen LogP) is 4.73. The summed E-state index contributed by atoms with van der Waals surface area (Å²) >= 11 is 0. The number of phenols is 3. The van der Waals surface area contributed by atoms with Crippen molar-refractivity contribution >= 4 is 118 Å². The number of hydrogen-bond acceptors (Lipinski definition) is 16. The summed E-state index contributed by atoms with van der Waals surface area (Å²) in [5.41, 5.74) is 40.2. The maximum Gasteiger partial charge on any atom is 0.364 e. The number of carbonyl (C=O) groups is 7. The number of quaternary nitrogens is 3. The molecule has 1 aliphatic rings. The number of H-pyrrole nitrogens is 2. The van der Waals surface area contributed by atoms with Crippen LogP contribution >= 0.6 is 0 Å². The number of benzene rings is 7. The lowest BCUT2D eigenvalue weighted by Crippen LogP contribution is -3.00. The molecule has 7 aromatic carbocycles. The van der Waals surface area contributed by atoms with Crippen molar-refractivity contribution in [3.05, 3.63) is 239 Å². The Hall–Kier alpha value is -13.3. The van der Waals surface area contributed by atoms with Crippen molar-refractivity contribution in [1.29, 1.82) is 0 Å². The Morgan fingerprint density at radius 1 is 0.480 bits per heavy atom. The van der Waals surface area contributed by atoms with Crippen molar-refractivity contribution in [2.45, 2.75) is 129 Å². The van der Waals surface area contributed by atoms with Gasteiger partial charge in [-0.05, 0) is 182 Å². The Morgan fingerprint density at radius 2 is 0.898 bits per heavy atom. The minimum atomic E-state index is -0.928. The molecule has 127 heavy (non-hydrogen) atoms. The van der Waals surface area contributed by atoms with Crippen LogP contribution in [0.3, 0.4) is 0 Å². The van der Waals surface area contributed by atoms with Gasteiger partial charge in [0.2, 0.25) is 5.91 Å². The van der Waals surface area contributed by atoms with Crippen LogP contribution in [-0.2, 0) is 114 Å². The van der Waals surface area contributed by atoms with Crippen molar-refractivity contribution in [3.8, 4) is 28.6 Å². The van der Waals surface area contributed by atoms with E-state index in [4.69, 9.17) is 30.3 Å². The average Bonchev–Trinajstić information content (AvgIpc) is 1.61. The number of phenolic OH excluding ortho intramolecular Hbond substituents is 3. The number of fused-ring (bicyclic) bond motifs is 7. The van der Waals surface area contributed by atoms with Crippen LogP contribution < -0.4 is 58.8 Å². The zero-order valence-corrected chi connectivity index (χ0v) is 75.2. The molecule has 8 heterocycles. The van der Waals surface area contributed by atoms with Gasteiger partial charge in [0.25, 0.3) is 11.8 Å². The molecule has 0 unspecified atom stereocenters. The van der Waals surface area contributed by atoms with Gasteiger partial charge in [0, 0.05) is 168 Å². The number of methoxy groups -OCH3 is 4. The number of para-hydroxylation sites is 1. The molecule has 6 atom stereocenters. The van der Waals surface area contributed by atoms with Gasteiger partial charge in [-0.25, -0.2) is 14.6 Å². The van der Waals surface area contributed by atoms with Crippen LogP contribution in [0, 0.1) is 25.7 Å². The highest BCUT2D eigenvalue weighted by Gasteiger charge is 2.29. The van der Waals surface area contributed by atoms with Crippen LogP contribution in [0.2, 0.25) is 0 Å². The molecular weight excluding hydrogens is 1660 g/mol. The fourth-order valence-corrected chi connectivity index (χ4v) is 16.2. The maximum atomic E-state index is 13.3. The van der Waals surface area contributed by atoms with Gasteiger partial charge >= 0.3 is 23.9 Å². The van der Waals surface area contributed by atoms with Gasteiger partial charge in [-0.1, -0.05) is 74.6 Å². The SMILES string of the molecule is COC(=O)[C@@H](C)Cc1c[nH]c2ccc(C)cc12.COC(=O)[C@@H](C)Cc1cn(C)c2ccc(C)cc12.COC(=O)[C@@H]([NH3+])Cc1c[nH]c2ccccc12.COC(=O)[C@@H]([NH3+])Cc1cn(C)c2ccc(O)cc12.Cn1cc(C[C@H](NC(=O)c2ccc3c(c2)nc(-c2ccoc2)n3C2CCCCC2)C(N)=O)c2cc(O)ccc21.Cn1cc(C[C@H]([NH3+])C(N)=O)c2cc(O)ccc21.[Cl-].[Cl-]. The number of rotatable bonds is 22. The number of halogens is 2. The second kappa shape index (κ2) is 44.0. The van der Waals surface area contributed by atoms with Crippen LogP contribution in [0.5, 0.6) is 17.2 Å². The standard InChI is InChI=1S/C30H31N5O4.C15H19NO2.C14H17NO2.C13H16N2O3.C12H15N3O2.C12H14N2O2.2ClH/c1-34-16-20(23-15-22(36)8-10-26(23)34)14-25(28(31)37)33-30(38)18-7-9-27-24(13-18)32-29(19-11-12-39-17-19)35(27)21-5-3-2-4-6-21;1-10-5-6-14-13(7-10)12(9-16(14)3)8-11(2)15(17)18-4;1-9-4-5-13-12(6-9)11(8-15-13)7-10(2)14(16)17-3;1-15-7-8(5-11(14)13(17)18-2)10-6-9(16)3-4-12(10)15;1-15-6-7(4-10(13)12(14)17)9-5-8(16)2-3-11(9)15;1-16-12(15)10(13)6-8-7-14-11-5-3-2-4-9(8)11;;/h7-13,15-17,21,25,36H,2-6,14H2,1H3,(H2,31,37)(H,33,38);5-7,9,11H,8H2,1-4H3;4-6,8,10,15H,7H2,1-3H3;3-4,6-7,11,16H,5,14H2,1-2H3;2-3,5-6,10,16H,4,13H2,1H3,(H2,14,17);2-5,7,10,14H,6,13H2,1H3;2*1H/p+1/t25-;11-;10-;11-;2*10-;;/m000000../s1. The van der Waals surface area contributed by atoms with E-state index < -0.39 is 35.8 Å². The van der Waals surface area contributed by atoms with Gasteiger partial charge in [0.15, 0.2) is 18.1 Å². The molecule has 0 spiro atoms. The summed E-state index contributed by atoms with van der Waals surface area (Å²) in [6.45, 7) is 7.95. The highest BCUT2D eigenvalue weighted by molar-refractivity contribution is 6.01. The van der Waals surface area contributed by atoms with Crippen molar-refractivity contribution in [2.24, 2.45) is 51.5 Å². The third kappa shape index (κ3) is 23.8. The van der Waals surface area contributed by atoms with Crippen LogP contribution in [0.4, 0.5) is 0 Å². The molecule has 0 radical (unpaired) electrons. The van der Waals surface area contributed by atoms with Crippen LogP contribution in [-0.4, -0.2) is 147 Å². The first-order valence-corrected chi connectivity index (χ1v) is 41.5. The minimum Gasteiger partial charge on any atom is -1.00 e. The number of amides is 3. The Labute approximate surface area is 747 Å². The van der Waals surface area contributed by atoms with E-state index >= 15 is 0 Å². The predicted molar refractivity (Wildman–Crippen MR) is 481 cm³/mol. The van der Waals surface area contributed by atoms with E-state index in [-0.39, 0.29) is 90.2 Å². The molecule has 16 rings (SSSR count). The number of aromatic nitrogens is 8. The quantitative estimate of drug-likeness (QED) is 0.0323. The van der Waals surface area contributed by atoms with Crippen molar-refractivity contribution < 1.29 is 114 Å². The number of nitrogens with zero attached hydrogens (tertiary/aromatic N) is 6. The molecule has 1 fully saturated rings. The molecule has 31 heteroatoms. The molecule has 672 valence electrons. The van der Waals surface area contributed by atoms with Gasteiger partial charge in [-0.2, -0.15) is 0 Å². The molecule has 3 amide bonds. The molecule has 1 saturated carbocycles. The number of nitrogens with one attached hydrogen (secondary N) is 3. The molecule has 19 N–H and O–H groups in total. The van der Waals surface area contributed by atoms with Crippen LogP contribution in [0.15, 0.2) is 194 Å². The van der Waals surface area contributed by atoms with E-state index in [1.807, 2.05) is 141 Å². The number of aromatic hydroxyl groups is 3. The second-order valence-corrected chi connectivity index (χ2v) is 32.3. The van der Waals surface area contributed by atoms with E-state index in [1.54, 1.807) is 61.1 Å². The lowest BCUT2D eigenvalue weighted by atomic mass is 9.95. The number of furan rings is 1. The lowest BCUT2D eigenvalue weighted by molar-refractivity contribution is -0.407. The molecule has 1 aliphatic carbocycles. The molecule has 0 bridgehead atoms. The van der Waals surface area contributed by atoms with Gasteiger partial charge in [-0.15, -0.1) is 0 Å². The summed E-state index contributed by atoms with van der Waals surface area (Å²) in [6.07, 6.45) is 24.1. The third-order valence-corrected chi connectivity index (χ3v) is 22.9. The third-order valence-electron chi connectivity index (χ3n) is 22.9. The van der Waals surface area contributed by atoms with E-state index in [1.165, 1.54) is 86.2 Å². The summed E-state index contributed by atoms with van der Waals surface area (Å²) < 4.78 is 34.4. The minimum absolute atomic E-state index is 0. The number of ether oxygens (including phenoxy) is 4. The number of nitrogens with two attached hydrogens (primary N) is 2. The summed E-state index contributed by atoms with van der Waals surface area (Å²) in [6, 6.07) is 41.7. The Kier molecular flexibility index (Phi) is 33.8. The second-order valence-electron chi connectivity index (χ2n) is 32.3. The molecule has 8 aromatic heterocycles. The van der Waals surface area contributed by atoms with Crippen molar-refractivity contribution in [2.75, 3.05) is 28.4 Å². The lowest BCUT2D eigenvalue weighted by Gasteiger charge is -2.25. The summed E-state index contributed by atoms with van der Waals surface area (Å²) in [5.74, 6) is -1.20. The van der Waals surface area contributed by atoms with Gasteiger partial charge in [0.05, 0.1) is 63.1 Å². The van der Waals surface area contributed by atoms with E-state index in [2.05, 4.69) is 108 Å². The van der Waals surface area contributed by atoms with E-state index in [9.17, 15) is 48.9 Å². The molecule has 0 saturated heterocycles. The highest BCUT2D eigenvalue weighted by Crippen LogP contribution is 2.38. The van der Waals surface area contributed by atoms with Crippen LogP contribution in [0.1, 0.15) is 107 Å². The van der Waals surface area contributed by atoms with E-state index in [0.717, 1.165) is 101 Å². The monoisotopic (exact) mass is 1770 g/mol. The number of primary amides is 2. The zero-order valence-electron chi connectivity index (χ0n) is 73.7. The van der Waals surface area contributed by atoms with E-state index in [0.29, 0.717) is 49.2 Å². The summed E-state index contributed by atoms with van der Waals surface area (Å²) in [4.78, 5) is 93.6. The normalized spacial score (nSPS) is 13.2. The highest BCUT2D eigenvalue weighted by atomic mass is 35.5. The molecular formula is C96H115Cl2N14O15+. The number of imidazole rings is 1. The van der Waals surface area contributed by atoms with Crippen LogP contribution in [0.25, 0.3) is 87.8 Å². The van der Waals surface area contributed by atoms with Gasteiger partial charge in [0.1, 0.15) is 35.4 Å². The first kappa shape index (κ1) is 97.5. The number of esters is 4. The first-order chi connectivity index (χ1) is 59.8. The number of aromatic amines is 2. The number of aryl methyl sites for hydroxylation is 6. The smallest absolute Gasteiger partial charge is 0.364 e. The maximum absolute atomic E-state index is 13.3. The average molecular weight is 1780 g/mol. The van der Waals surface area contributed by atoms with Gasteiger partial charge in [-0.3, -0.25) is 24.0 Å². The molecule has 0 aliphatic heterocycles. The van der Waals surface area contributed by atoms with Crippen molar-refractivity contribution in [3.63, 3.8) is 0 Å². The first-order valence-electron chi connectivity index (χ1n) is 41.5. The Morgan fingerprint density at radius 3 is 1.38 bits per heavy atom. The fraction of sp³-hybridized carbons (Fsp3) is 0.312. The number of carbonyl (C=O) groups excluding carboxylic acids is 7. The fourth-order valence-electron chi connectivity index (χ4n) is 16.2. The largest absolute Gasteiger partial charge is 1.00 e. The zero-order chi connectivity index (χ0) is 90.2.